The minimum Gasteiger partial charge on any atom is -0.480 e. The average Bonchev–Trinajstić information content (AvgIpc) is 3.33. The van der Waals surface area contributed by atoms with Crippen LogP contribution in [0, 0.1) is 10.1 Å². The van der Waals surface area contributed by atoms with Crippen LogP contribution in [0.15, 0.2) is 65.8 Å². The van der Waals surface area contributed by atoms with E-state index in [4.69, 9.17) is 16.2 Å². The molecule has 3 atom stereocenters. The largest absolute Gasteiger partial charge is 0.480 e. The Labute approximate surface area is 227 Å². The van der Waals surface area contributed by atoms with Crippen LogP contribution < -0.4 is 16.9 Å². The van der Waals surface area contributed by atoms with Crippen LogP contribution in [-0.4, -0.2) is 67.3 Å². The molecular weight excluding hydrogens is 526 g/mol. The number of nitrogens with two attached hydrogens (primary N) is 2. The topological polar surface area (TPSA) is 240 Å². The molecule has 15 nitrogen and oxygen atoms in total. The third-order valence-electron chi connectivity index (χ3n) is 6.00. The van der Waals surface area contributed by atoms with Crippen LogP contribution in [0.25, 0.3) is 10.9 Å². The van der Waals surface area contributed by atoms with E-state index in [1.807, 2.05) is 24.3 Å². The summed E-state index contributed by atoms with van der Waals surface area (Å²) in [4.78, 5) is 55.1. The number of hydroxylamine groups is 2. The third kappa shape index (κ3) is 7.99. The highest BCUT2D eigenvalue weighted by molar-refractivity contribution is 5.92. The summed E-state index contributed by atoms with van der Waals surface area (Å²) in [7, 11) is 0. The maximum Gasteiger partial charge on any atom is 0.434 e. The first-order valence-electron chi connectivity index (χ1n) is 12.1. The zero-order valence-electron chi connectivity index (χ0n) is 21.2. The number of amides is 1. The van der Waals surface area contributed by atoms with Crippen molar-refractivity contribution in [3.63, 3.8) is 0 Å². The minimum absolute atomic E-state index is 0.0811. The molecule has 0 saturated heterocycles. The molecule has 1 amide bonds. The Kier molecular flexibility index (Phi) is 10.1. The monoisotopic (exact) mass is 555 g/mol. The Morgan fingerprint density at radius 2 is 1.80 bits per heavy atom. The predicted molar refractivity (Wildman–Crippen MR) is 141 cm³/mol. The van der Waals surface area contributed by atoms with Gasteiger partial charge in [0.15, 0.2) is 16.9 Å². The number of aromatic nitrogens is 1. The fourth-order valence-electron chi connectivity index (χ4n) is 4.02. The summed E-state index contributed by atoms with van der Waals surface area (Å²) in [5.74, 6) is -2.98. The highest BCUT2D eigenvalue weighted by Gasteiger charge is 2.33. The Hall–Kier alpha value is -5.02. The van der Waals surface area contributed by atoms with Crippen LogP contribution in [0.2, 0.25) is 0 Å². The number of guanidine groups is 1. The first-order valence-corrected chi connectivity index (χ1v) is 12.1. The van der Waals surface area contributed by atoms with Gasteiger partial charge in [0.2, 0.25) is 0 Å². The van der Waals surface area contributed by atoms with E-state index >= 15 is 0 Å². The number of nitro groups is 1. The summed E-state index contributed by atoms with van der Waals surface area (Å²) in [6.07, 6.45) is -0.409. The van der Waals surface area contributed by atoms with Gasteiger partial charge >= 0.3 is 12.1 Å². The zero-order valence-corrected chi connectivity index (χ0v) is 21.2. The van der Waals surface area contributed by atoms with Crippen LogP contribution in [0.5, 0.6) is 0 Å². The highest BCUT2D eigenvalue weighted by atomic mass is 16.7. The van der Waals surface area contributed by atoms with Crippen molar-refractivity contribution in [3.8, 4) is 0 Å². The molecule has 1 unspecified atom stereocenters. The summed E-state index contributed by atoms with van der Waals surface area (Å²) in [5, 5.41) is 30.4. The fraction of sp³-hybridized carbons (Fsp3) is 0.280. The van der Waals surface area contributed by atoms with Gasteiger partial charge in [-0.2, -0.15) is 5.06 Å². The first kappa shape index (κ1) is 29.5. The molecule has 3 aromatic rings. The van der Waals surface area contributed by atoms with Crippen molar-refractivity contribution in [2.24, 2.45) is 16.5 Å². The lowest BCUT2D eigenvalue weighted by Gasteiger charge is -2.24. The molecule has 0 fully saturated rings. The molecule has 0 aliphatic carbocycles. The van der Waals surface area contributed by atoms with Gasteiger partial charge < -0.3 is 26.3 Å². The molecule has 8 N–H and O–H groups in total. The number of carboxylic acids is 1. The number of Topliss-reactive ketones (excluding diaryl/α,β-unsaturated/α-hetero) is 1. The van der Waals surface area contributed by atoms with Crippen molar-refractivity contribution in [2.75, 3.05) is 0 Å². The van der Waals surface area contributed by atoms with Crippen molar-refractivity contribution in [3.05, 3.63) is 82.0 Å². The molecule has 3 rings (SSSR count). The lowest BCUT2D eigenvalue weighted by atomic mass is 9.95. The number of hydrazine groups is 1. The van der Waals surface area contributed by atoms with Gasteiger partial charge in [-0.05, 0) is 36.5 Å². The van der Waals surface area contributed by atoms with Crippen molar-refractivity contribution >= 4 is 34.7 Å². The van der Waals surface area contributed by atoms with E-state index in [1.54, 1.807) is 42.0 Å². The lowest BCUT2D eigenvalue weighted by molar-refractivity contribution is -0.525. The molecular formula is C25H29N7O8. The van der Waals surface area contributed by atoms with Crippen LogP contribution in [-0.2, 0) is 27.4 Å². The number of ether oxygens (including phenoxy) is 1. The van der Waals surface area contributed by atoms with Gasteiger partial charge in [-0.15, -0.1) is 0 Å². The van der Waals surface area contributed by atoms with Gasteiger partial charge in [0.05, 0.1) is 6.04 Å². The smallest absolute Gasteiger partial charge is 0.434 e. The number of aromatic amines is 1. The molecule has 0 aliphatic rings. The van der Waals surface area contributed by atoms with Crippen LogP contribution in [0.4, 0.5) is 4.79 Å². The SMILES string of the molecule is NC(=NC(CC[C@@H](C(=O)O)N(O)C(=O)OCc1ccccc1)C(=O)[C@@H](N)Cc1c[nH]c2ccccc12)N[N+](=O)[O-]. The predicted octanol–water partition coefficient (Wildman–Crippen LogP) is 1.33. The van der Waals surface area contributed by atoms with Crippen LogP contribution in [0.3, 0.4) is 0 Å². The van der Waals surface area contributed by atoms with Gasteiger partial charge in [0.25, 0.3) is 5.96 Å². The van der Waals surface area contributed by atoms with E-state index < -0.39 is 53.4 Å². The number of aliphatic carboxylic acids is 1. The van der Waals surface area contributed by atoms with Gasteiger partial charge in [-0.3, -0.25) is 10.0 Å². The second-order valence-electron chi connectivity index (χ2n) is 8.79. The van der Waals surface area contributed by atoms with Gasteiger partial charge in [-0.25, -0.2) is 24.7 Å². The maximum atomic E-state index is 13.3. The number of H-pyrrole nitrogens is 1. The van der Waals surface area contributed by atoms with E-state index in [0.717, 1.165) is 16.5 Å². The van der Waals surface area contributed by atoms with Crippen LogP contribution in [0.1, 0.15) is 24.0 Å². The van der Waals surface area contributed by atoms with Gasteiger partial charge in [0.1, 0.15) is 12.6 Å². The summed E-state index contributed by atoms with van der Waals surface area (Å²) >= 11 is 0. The van der Waals surface area contributed by atoms with E-state index in [9.17, 15) is 34.8 Å². The first-order chi connectivity index (χ1) is 19.1. The standard InChI is InChI=1S/C25H29N7O8/c26-18(12-16-13-28-19-9-5-4-8-17(16)19)22(33)20(29-24(27)30-32(38)39)10-11-21(23(34)35)31(37)25(36)40-14-15-6-2-1-3-7-15/h1-9,13,18,20-21,28,37H,10-12,14,26H2,(H,34,35)(H3,27,29,30)/t18-,20?,21-/m0/s1. The Bertz CT molecular complexity index is 1380. The molecule has 1 heterocycles. The summed E-state index contributed by atoms with van der Waals surface area (Å²) in [6.45, 7) is -0.222. The average molecular weight is 556 g/mol. The van der Waals surface area contributed by atoms with Crippen molar-refractivity contribution in [1.29, 1.82) is 0 Å². The molecule has 0 aliphatic heterocycles. The van der Waals surface area contributed by atoms with Crippen molar-refractivity contribution < 1.29 is 34.5 Å². The minimum atomic E-state index is -1.83. The Morgan fingerprint density at radius 3 is 2.48 bits per heavy atom. The Morgan fingerprint density at radius 1 is 1.12 bits per heavy atom. The molecule has 2 aromatic carbocycles. The van der Waals surface area contributed by atoms with Gasteiger partial charge in [0, 0.05) is 17.1 Å². The number of carbonyl (C=O) groups excluding carboxylic acids is 2. The fourth-order valence-corrected chi connectivity index (χ4v) is 4.02. The second-order valence-corrected chi connectivity index (χ2v) is 8.79. The number of nitrogens with zero attached hydrogens (tertiary/aromatic N) is 3. The quantitative estimate of drug-likeness (QED) is 0.0578. The number of aliphatic imine (C=N–C) groups is 1. The number of benzene rings is 2. The highest BCUT2D eigenvalue weighted by Crippen LogP contribution is 2.20. The van der Waals surface area contributed by atoms with Crippen molar-refractivity contribution in [2.45, 2.75) is 44.0 Å². The number of nitrogens with one attached hydrogen (secondary N) is 2. The molecule has 0 spiro atoms. The number of carbonyl (C=O) groups is 3. The van der Waals surface area contributed by atoms with E-state index in [-0.39, 0.29) is 24.5 Å². The number of para-hydroxylation sites is 1. The summed E-state index contributed by atoms with van der Waals surface area (Å²) in [5.41, 5.74) is 15.5. The summed E-state index contributed by atoms with van der Waals surface area (Å²) in [6, 6.07) is 11.5. The lowest BCUT2D eigenvalue weighted by Crippen LogP contribution is -2.46. The van der Waals surface area contributed by atoms with Gasteiger partial charge in [-0.1, -0.05) is 54.0 Å². The van der Waals surface area contributed by atoms with E-state index in [0.29, 0.717) is 5.56 Å². The molecule has 0 bridgehead atoms. The molecule has 40 heavy (non-hydrogen) atoms. The zero-order chi connectivity index (χ0) is 29.2. The number of carboxylic acid groups (broad SMARTS) is 1. The number of ketones is 1. The number of hydrogen-bond acceptors (Lipinski definition) is 9. The normalized spacial score (nSPS) is 13.7. The number of hydrogen-bond donors (Lipinski definition) is 6. The number of fused-ring (bicyclic) bond motifs is 1. The van der Waals surface area contributed by atoms with Crippen LogP contribution >= 0.6 is 0 Å². The summed E-state index contributed by atoms with van der Waals surface area (Å²) < 4.78 is 4.97. The molecule has 212 valence electrons. The molecule has 0 saturated carbocycles. The second kappa shape index (κ2) is 13.7. The Balaban J connectivity index is 1.73. The number of rotatable bonds is 13. The van der Waals surface area contributed by atoms with E-state index in [1.165, 1.54) is 0 Å². The van der Waals surface area contributed by atoms with Crippen molar-refractivity contribution in [1.82, 2.24) is 15.5 Å². The third-order valence-corrected chi connectivity index (χ3v) is 6.00. The maximum absolute atomic E-state index is 13.3. The molecule has 0 radical (unpaired) electrons. The van der Waals surface area contributed by atoms with E-state index in [2.05, 4.69) is 9.98 Å². The molecule has 1 aromatic heterocycles. The molecule has 15 heteroatoms.